The van der Waals surface area contributed by atoms with Crippen LogP contribution in [0.25, 0.3) is 0 Å². The van der Waals surface area contributed by atoms with Crippen LogP contribution in [0.5, 0.6) is 0 Å². The highest BCUT2D eigenvalue weighted by Gasteiger charge is 2.66. The summed E-state index contributed by atoms with van der Waals surface area (Å²) in [6, 6.07) is 0. The van der Waals surface area contributed by atoms with Crippen LogP contribution in [0.2, 0.25) is 0 Å². The lowest BCUT2D eigenvalue weighted by Gasteiger charge is -2.61. The van der Waals surface area contributed by atoms with E-state index in [-0.39, 0.29) is 11.6 Å². The van der Waals surface area contributed by atoms with Gasteiger partial charge in [0.25, 0.3) is 0 Å². The Labute approximate surface area is 138 Å². The zero-order chi connectivity index (χ0) is 16.0. The smallest absolute Gasteiger partial charge is 0.183 e. The summed E-state index contributed by atoms with van der Waals surface area (Å²) in [6.45, 7) is 4.60. The van der Waals surface area contributed by atoms with E-state index >= 15 is 0 Å². The molecule has 4 aliphatic carbocycles. The molecular weight excluding hydrogens is 290 g/mol. The molecule has 1 heterocycles. The number of ether oxygens (including phenoxy) is 2. The molecule has 0 aromatic heterocycles. The highest BCUT2D eigenvalue weighted by molar-refractivity contribution is 5.18. The summed E-state index contributed by atoms with van der Waals surface area (Å²) in [4.78, 5) is 0. The first-order chi connectivity index (χ1) is 11.2. The SMILES string of the molecule is C=C/C=C(\CCNC1(C2OC2O)C2CC3CC(C2)CC1C3)OC. The fourth-order valence-electron chi connectivity index (χ4n) is 6.06. The maximum Gasteiger partial charge on any atom is 0.183 e. The first-order valence-electron chi connectivity index (χ1n) is 9.11. The van der Waals surface area contributed by atoms with Crippen LogP contribution in [0.3, 0.4) is 0 Å². The van der Waals surface area contributed by atoms with Crippen molar-refractivity contribution in [2.75, 3.05) is 13.7 Å². The lowest BCUT2D eigenvalue weighted by molar-refractivity contribution is -0.0856. The number of allylic oxidation sites excluding steroid dienone is 2. The topological polar surface area (TPSA) is 54.0 Å². The molecule has 4 bridgehead atoms. The predicted octanol–water partition coefficient (Wildman–Crippen LogP) is 2.59. The molecule has 0 radical (unpaired) electrons. The van der Waals surface area contributed by atoms with E-state index in [1.807, 2.05) is 6.08 Å². The molecule has 1 saturated heterocycles. The molecule has 128 valence electrons. The van der Waals surface area contributed by atoms with Crippen LogP contribution in [0, 0.1) is 23.7 Å². The Morgan fingerprint density at radius 3 is 2.35 bits per heavy atom. The van der Waals surface area contributed by atoms with E-state index in [9.17, 15) is 5.11 Å². The second kappa shape index (κ2) is 5.91. The highest BCUT2D eigenvalue weighted by Crippen LogP contribution is 2.61. The number of hydrogen-bond acceptors (Lipinski definition) is 4. The average Bonchev–Trinajstić information content (AvgIpc) is 3.26. The molecule has 1 aliphatic heterocycles. The van der Waals surface area contributed by atoms with E-state index in [4.69, 9.17) is 9.47 Å². The molecule has 5 aliphatic rings. The molecule has 2 unspecified atom stereocenters. The Bertz CT molecular complexity index is 473. The van der Waals surface area contributed by atoms with Gasteiger partial charge in [0.15, 0.2) is 6.29 Å². The van der Waals surface area contributed by atoms with Crippen molar-refractivity contribution in [3.63, 3.8) is 0 Å². The van der Waals surface area contributed by atoms with Gasteiger partial charge in [0.05, 0.1) is 18.4 Å². The molecule has 4 nitrogen and oxygen atoms in total. The maximum atomic E-state index is 10.0. The van der Waals surface area contributed by atoms with Crippen molar-refractivity contribution < 1.29 is 14.6 Å². The van der Waals surface area contributed by atoms with Crippen LogP contribution in [0.1, 0.15) is 38.5 Å². The Morgan fingerprint density at radius 2 is 1.87 bits per heavy atom. The Hall–Kier alpha value is -0.840. The van der Waals surface area contributed by atoms with E-state index in [2.05, 4.69) is 11.9 Å². The standard InChI is InChI=1S/C19H29NO3/c1-3-4-16(22-2)5-6-20-19(17-18(21)23-17)14-8-12-7-13(10-14)11-15(19)9-12/h3-4,12-15,17-18,20-21H,1,5-11H2,2H3/b16-4+. The van der Waals surface area contributed by atoms with Crippen LogP contribution in [-0.2, 0) is 9.47 Å². The molecule has 5 fully saturated rings. The van der Waals surface area contributed by atoms with Crippen molar-refractivity contribution in [2.24, 2.45) is 23.7 Å². The van der Waals surface area contributed by atoms with E-state index in [0.717, 1.165) is 30.6 Å². The van der Waals surface area contributed by atoms with Gasteiger partial charge in [-0.1, -0.05) is 12.7 Å². The molecule has 23 heavy (non-hydrogen) atoms. The van der Waals surface area contributed by atoms with Gasteiger partial charge in [-0.2, -0.15) is 0 Å². The van der Waals surface area contributed by atoms with Gasteiger partial charge in [0.1, 0.15) is 6.10 Å². The monoisotopic (exact) mass is 319 g/mol. The second-order valence-electron chi connectivity index (χ2n) is 7.93. The van der Waals surface area contributed by atoms with Gasteiger partial charge >= 0.3 is 0 Å². The Morgan fingerprint density at radius 1 is 1.26 bits per heavy atom. The van der Waals surface area contributed by atoms with Gasteiger partial charge in [-0.05, 0) is 61.9 Å². The molecule has 2 N–H and O–H groups in total. The van der Waals surface area contributed by atoms with Gasteiger partial charge in [-0.3, -0.25) is 0 Å². The summed E-state index contributed by atoms with van der Waals surface area (Å²) in [7, 11) is 1.71. The minimum atomic E-state index is -0.564. The normalized spacial score (nSPS) is 47.7. The average molecular weight is 319 g/mol. The molecule has 0 aromatic carbocycles. The van der Waals surface area contributed by atoms with Crippen molar-refractivity contribution in [3.05, 3.63) is 24.5 Å². The van der Waals surface area contributed by atoms with Crippen LogP contribution in [0.4, 0.5) is 0 Å². The number of rotatable bonds is 7. The van der Waals surface area contributed by atoms with Gasteiger partial charge in [0.2, 0.25) is 0 Å². The molecule has 0 aromatic rings. The van der Waals surface area contributed by atoms with Crippen LogP contribution in [-0.4, -0.2) is 36.7 Å². The fourth-order valence-corrected chi connectivity index (χ4v) is 6.06. The zero-order valence-electron chi connectivity index (χ0n) is 14.0. The summed E-state index contributed by atoms with van der Waals surface area (Å²) in [5.74, 6) is 4.10. The summed E-state index contributed by atoms with van der Waals surface area (Å²) in [6.07, 6.45) is 10.7. The quantitative estimate of drug-likeness (QED) is 0.430. The predicted molar refractivity (Wildman–Crippen MR) is 88.6 cm³/mol. The summed E-state index contributed by atoms with van der Waals surface area (Å²) < 4.78 is 11.0. The minimum Gasteiger partial charge on any atom is -0.501 e. The van der Waals surface area contributed by atoms with Crippen molar-refractivity contribution in [3.8, 4) is 0 Å². The van der Waals surface area contributed by atoms with Crippen molar-refractivity contribution in [1.29, 1.82) is 0 Å². The third-order valence-electron chi connectivity index (χ3n) is 6.80. The number of nitrogens with one attached hydrogen (secondary N) is 1. The number of methoxy groups -OCH3 is 1. The molecule has 4 heteroatoms. The van der Waals surface area contributed by atoms with E-state index < -0.39 is 6.29 Å². The van der Waals surface area contributed by atoms with Gasteiger partial charge < -0.3 is 19.9 Å². The minimum absolute atomic E-state index is 0.00752. The molecule has 0 spiro atoms. The summed E-state index contributed by atoms with van der Waals surface area (Å²) >= 11 is 0. The number of epoxide rings is 1. The first-order valence-corrected chi connectivity index (χ1v) is 9.11. The molecule has 2 atom stereocenters. The molecule has 4 saturated carbocycles. The fraction of sp³-hybridized carbons (Fsp3) is 0.789. The summed E-state index contributed by atoms with van der Waals surface area (Å²) in [5.41, 5.74) is -0.0140. The molecular formula is C19H29NO3. The third-order valence-corrected chi connectivity index (χ3v) is 6.80. The second-order valence-corrected chi connectivity index (χ2v) is 7.93. The lowest BCUT2D eigenvalue weighted by Crippen LogP contribution is -2.68. The highest BCUT2D eigenvalue weighted by atomic mass is 16.7. The molecule has 0 amide bonds. The van der Waals surface area contributed by atoms with Crippen LogP contribution in [0.15, 0.2) is 24.5 Å². The van der Waals surface area contributed by atoms with Gasteiger partial charge in [0, 0.05) is 13.0 Å². The Balaban J connectivity index is 1.50. The number of aliphatic hydroxyl groups is 1. The van der Waals surface area contributed by atoms with Gasteiger partial charge in [-0.15, -0.1) is 0 Å². The van der Waals surface area contributed by atoms with Crippen molar-refractivity contribution in [1.82, 2.24) is 5.32 Å². The maximum absolute atomic E-state index is 10.0. The lowest BCUT2D eigenvalue weighted by atomic mass is 9.47. The zero-order valence-corrected chi connectivity index (χ0v) is 14.0. The van der Waals surface area contributed by atoms with Gasteiger partial charge in [-0.25, -0.2) is 0 Å². The Kier molecular flexibility index (Phi) is 4.02. The van der Waals surface area contributed by atoms with E-state index in [1.165, 1.54) is 32.1 Å². The van der Waals surface area contributed by atoms with Crippen molar-refractivity contribution >= 4 is 0 Å². The van der Waals surface area contributed by atoms with Crippen LogP contribution < -0.4 is 5.32 Å². The van der Waals surface area contributed by atoms with Crippen molar-refractivity contribution in [2.45, 2.75) is 56.5 Å². The third kappa shape index (κ3) is 2.55. The number of hydrogen-bond donors (Lipinski definition) is 2. The van der Waals surface area contributed by atoms with E-state index in [0.29, 0.717) is 11.8 Å². The summed E-state index contributed by atoms with van der Waals surface area (Å²) in [5, 5.41) is 13.9. The van der Waals surface area contributed by atoms with Crippen LogP contribution >= 0.6 is 0 Å². The molecule has 5 rings (SSSR count). The van der Waals surface area contributed by atoms with E-state index in [1.54, 1.807) is 13.2 Å². The number of aliphatic hydroxyl groups excluding tert-OH is 1. The first kappa shape index (κ1) is 15.7. The largest absolute Gasteiger partial charge is 0.501 e.